The van der Waals surface area contributed by atoms with Crippen LogP contribution in [0, 0.1) is 5.92 Å². The number of hydrogen-bond acceptors (Lipinski definition) is 2. The zero-order chi connectivity index (χ0) is 14.4. The van der Waals surface area contributed by atoms with Gasteiger partial charge in [-0.05, 0) is 37.8 Å². The van der Waals surface area contributed by atoms with Gasteiger partial charge in [0.1, 0.15) is 0 Å². The van der Waals surface area contributed by atoms with Gasteiger partial charge in [-0.15, -0.1) is 0 Å². The summed E-state index contributed by atoms with van der Waals surface area (Å²) in [6, 6.07) is 7.94. The fourth-order valence-electron chi connectivity index (χ4n) is 1.98. The van der Waals surface area contributed by atoms with Crippen LogP contribution in [0.2, 0.25) is 0 Å². The summed E-state index contributed by atoms with van der Waals surface area (Å²) in [6.07, 6.45) is 1.55. The van der Waals surface area contributed by atoms with Crippen molar-refractivity contribution in [1.82, 2.24) is 4.90 Å². The largest absolute Gasteiger partial charge is 0.398 e. The minimum absolute atomic E-state index is 0.194. The highest BCUT2D eigenvalue weighted by molar-refractivity contribution is 5.76. The van der Waals surface area contributed by atoms with Crippen LogP contribution in [0.4, 0.5) is 5.69 Å². The van der Waals surface area contributed by atoms with E-state index in [0.29, 0.717) is 18.9 Å². The molecule has 106 valence electrons. The normalized spacial score (nSPS) is 11.1. The molecule has 0 aliphatic rings. The molecule has 0 bridgehead atoms. The third-order valence-corrected chi connectivity index (χ3v) is 3.28. The van der Waals surface area contributed by atoms with Crippen LogP contribution in [0.25, 0.3) is 0 Å². The third-order valence-electron chi connectivity index (χ3n) is 3.28. The van der Waals surface area contributed by atoms with E-state index in [1.54, 1.807) is 0 Å². The zero-order valence-electron chi connectivity index (χ0n) is 12.5. The molecule has 1 rings (SSSR count). The first kappa shape index (κ1) is 15.5. The van der Waals surface area contributed by atoms with E-state index in [-0.39, 0.29) is 11.9 Å². The summed E-state index contributed by atoms with van der Waals surface area (Å²) in [5.41, 5.74) is 7.73. The predicted molar refractivity (Wildman–Crippen MR) is 80.6 cm³/mol. The van der Waals surface area contributed by atoms with Crippen LogP contribution in [-0.4, -0.2) is 16.8 Å². The highest BCUT2D eigenvalue weighted by Crippen LogP contribution is 2.17. The van der Waals surface area contributed by atoms with Crippen LogP contribution in [-0.2, 0) is 11.3 Å². The molecule has 0 aliphatic carbocycles. The molecule has 3 nitrogen and oxygen atoms in total. The molecule has 0 aromatic heterocycles. The third kappa shape index (κ3) is 4.93. The number of hydrogen-bond donors (Lipinski definition) is 1. The zero-order valence-corrected chi connectivity index (χ0v) is 12.5. The van der Waals surface area contributed by atoms with Crippen LogP contribution in [0.15, 0.2) is 24.3 Å². The highest BCUT2D eigenvalue weighted by atomic mass is 16.2. The van der Waals surface area contributed by atoms with Crippen molar-refractivity contribution >= 4 is 11.6 Å². The second-order valence-electron chi connectivity index (χ2n) is 5.75. The molecule has 0 unspecified atom stereocenters. The number of amides is 1. The molecule has 1 aromatic rings. The lowest BCUT2D eigenvalue weighted by atomic mass is 10.1. The van der Waals surface area contributed by atoms with Crippen LogP contribution in [0.5, 0.6) is 0 Å². The Morgan fingerprint density at radius 3 is 2.37 bits per heavy atom. The van der Waals surface area contributed by atoms with Crippen molar-refractivity contribution in [2.75, 3.05) is 5.73 Å². The molecule has 1 amide bonds. The molecule has 0 saturated carbocycles. The van der Waals surface area contributed by atoms with Crippen molar-refractivity contribution < 1.29 is 4.79 Å². The predicted octanol–water partition coefficient (Wildman–Crippen LogP) is 3.44. The van der Waals surface area contributed by atoms with Gasteiger partial charge in [0.05, 0.1) is 0 Å². The lowest BCUT2D eigenvalue weighted by Crippen LogP contribution is -2.36. The molecule has 0 heterocycles. The first-order chi connectivity index (χ1) is 8.91. The molecule has 2 N–H and O–H groups in total. The van der Waals surface area contributed by atoms with E-state index < -0.39 is 0 Å². The second-order valence-corrected chi connectivity index (χ2v) is 5.75. The minimum atomic E-state index is 0.194. The summed E-state index contributed by atoms with van der Waals surface area (Å²) in [7, 11) is 0. The van der Waals surface area contributed by atoms with Crippen molar-refractivity contribution in [1.29, 1.82) is 0 Å². The maximum Gasteiger partial charge on any atom is 0.223 e. The van der Waals surface area contributed by atoms with Crippen molar-refractivity contribution in [3.8, 4) is 0 Å². The van der Waals surface area contributed by atoms with E-state index in [0.717, 1.165) is 17.7 Å². The molecular weight excluding hydrogens is 236 g/mol. The molecular formula is C16H26N2O. The van der Waals surface area contributed by atoms with Crippen LogP contribution >= 0.6 is 0 Å². The van der Waals surface area contributed by atoms with Gasteiger partial charge in [0, 0.05) is 24.7 Å². The van der Waals surface area contributed by atoms with E-state index in [4.69, 9.17) is 5.73 Å². The molecule has 3 heteroatoms. The van der Waals surface area contributed by atoms with Crippen LogP contribution < -0.4 is 5.73 Å². The van der Waals surface area contributed by atoms with E-state index >= 15 is 0 Å². The Bertz CT molecular complexity index is 413. The SMILES string of the molecule is CC(C)CCC(=O)N(Cc1ccccc1N)C(C)C. The summed E-state index contributed by atoms with van der Waals surface area (Å²) in [5.74, 6) is 0.770. The maximum atomic E-state index is 12.3. The summed E-state index contributed by atoms with van der Waals surface area (Å²) < 4.78 is 0. The van der Waals surface area contributed by atoms with Crippen molar-refractivity contribution in [2.45, 2.75) is 53.1 Å². The molecule has 0 radical (unpaired) electrons. The highest BCUT2D eigenvalue weighted by Gasteiger charge is 2.18. The fraction of sp³-hybridized carbons (Fsp3) is 0.562. The van der Waals surface area contributed by atoms with Gasteiger partial charge in [-0.1, -0.05) is 32.0 Å². The monoisotopic (exact) mass is 262 g/mol. The fourth-order valence-corrected chi connectivity index (χ4v) is 1.98. The van der Waals surface area contributed by atoms with Gasteiger partial charge >= 0.3 is 0 Å². The lowest BCUT2D eigenvalue weighted by molar-refractivity contribution is -0.133. The number of nitrogens with two attached hydrogens (primary N) is 1. The average Bonchev–Trinajstić information content (AvgIpc) is 2.34. The quantitative estimate of drug-likeness (QED) is 0.798. The number of anilines is 1. The molecule has 0 aliphatic heterocycles. The standard InChI is InChI=1S/C16H26N2O/c1-12(2)9-10-16(19)18(13(3)4)11-14-7-5-6-8-15(14)17/h5-8,12-13H,9-11,17H2,1-4H3. The van der Waals surface area contributed by atoms with Crippen LogP contribution in [0.1, 0.15) is 46.1 Å². The summed E-state index contributed by atoms with van der Waals surface area (Å²) in [4.78, 5) is 14.2. The number of rotatable bonds is 6. The number of para-hydroxylation sites is 1. The molecule has 1 aromatic carbocycles. The first-order valence-electron chi connectivity index (χ1n) is 7.04. The van der Waals surface area contributed by atoms with E-state index in [9.17, 15) is 4.79 Å². The smallest absolute Gasteiger partial charge is 0.223 e. The lowest BCUT2D eigenvalue weighted by Gasteiger charge is -2.28. The van der Waals surface area contributed by atoms with Gasteiger partial charge in [0.25, 0.3) is 0 Å². The Morgan fingerprint density at radius 1 is 1.21 bits per heavy atom. The van der Waals surface area contributed by atoms with Gasteiger partial charge in [0.15, 0.2) is 0 Å². The Morgan fingerprint density at radius 2 is 1.84 bits per heavy atom. The van der Waals surface area contributed by atoms with Crippen molar-refractivity contribution in [3.05, 3.63) is 29.8 Å². The number of nitrogen functional groups attached to an aromatic ring is 1. The topological polar surface area (TPSA) is 46.3 Å². The number of carbonyl (C=O) groups excluding carboxylic acids is 1. The molecule has 0 spiro atoms. The van der Waals surface area contributed by atoms with E-state index in [1.807, 2.05) is 43.0 Å². The Labute approximate surface area is 116 Å². The van der Waals surface area contributed by atoms with E-state index in [2.05, 4.69) is 13.8 Å². The molecule has 0 saturated heterocycles. The minimum Gasteiger partial charge on any atom is -0.398 e. The Hall–Kier alpha value is -1.51. The van der Waals surface area contributed by atoms with Gasteiger partial charge in [-0.25, -0.2) is 0 Å². The van der Waals surface area contributed by atoms with Crippen LogP contribution in [0.3, 0.4) is 0 Å². The second kappa shape index (κ2) is 7.17. The van der Waals surface area contributed by atoms with Gasteiger partial charge < -0.3 is 10.6 Å². The average molecular weight is 262 g/mol. The Kier molecular flexibility index (Phi) is 5.87. The number of nitrogens with zero attached hydrogens (tertiary/aromatic N) is 1. The van der Waals surface area contributed by atoms with E-state index in [1.165, 1.54) is 0 Å². The summed E-state index contributed by atoms with van der Waals surface area (Å²) in [6.45, 7) is 8.98. The maximum absolute atomic E-state index is 12.3. The molecule has 19 heavy (non-hydrogen) atoms. The Balaban J connectivity index is 2.73. The van der Waals surface area contributed by atoms with Gasteiger partial charge in [-0.3, -0.25) is 4.79 Å². The van der Waals surface area contributed by atoms with Crippen molar-refractivity contribution in [2.24, 2.45) is 5.92 Å². The first-order valence-corrected chi connectivity index (χ1v) is 7.04. The number of benzene rings is 1. The summed E-state index contributed by atoms with van der Waals surface area (Å²) >= 11 is 0. The van der Waals surface area contributed by atoms with Gasteiger partial charge in [-0.2, -0.15) is 0 Å². The van der Waals surface area contributed by atoms with Gasteiger partial charge in [0.2, 0.25) is 5.91 Å². The van der Waals surface area contributed by atoms with Crippen molar-refractivity contribution in [3.63, 3.8) is 0 Å². The number of carbonyl (C=O) groups is 1. The molecule has 0 atom stereocenters. The molecule has 0 fully saturated rings. The summed E-state index contributed by atoms with van der Waals surface area (Å²) in [5, 5.41) is 0.